The van der Waals surface area contributed by atoms with Crippen molar-refractivity contribution in [3.63, 3.8) is 0 Å². The molecule has 0 fully saturated rings. The van der Waals surface area contributed by atoms with Crippen LogP contribution in [-0.4, -0.2) is 17.4 Å². The van der Waals surface area contributed by atoms with Crippen LogP contribution in [0.2, 0.25) is 0 Å². The molecule has 2 heteroatoms. The third-order valence-corrected chi connectivity index (χ3v) is 2.49. The number of rotatable bonds is 2. The van der Waals surface area contributed by atoms with Crippen LogP contribution in [0, 0.1) is 11.8 Å². The maximum absolute atomic E-state index is 11.7. The number of carbonyl (C=O) groups excluding carboxylic acids is 1. The Morgan fingerprint density at radius 2 is 2.08 bits per heavy atom. The standard InChI is InChI=1S/C10H17NO/c1-8(2)9(3)10(12)11-6-4-5-7-11/h4,6,8-9H,5,7H2,1-3H3/t9-/m0/s1. The van der Waals surface area contributed by atoms with Crippen molar-refractivity contribution < 1.29 is 4.79 Å². The second-order valence-corrected chi connectivity index (χ2v) is 3.74. The molecule has 1 aliphatic rings. The van der Waals surface area contributed by atoms with Gasteiger partial charge in [0.1, 0.15) is 0 Å². The Morgan fingerprint density at radius 1 is 1.42 bits per heavy atom. The average Bonchev–Trinajstić information content (AvgIpc) is 2.53. The van der Waals surface area contributed by atoms with Crippen LogP contribution in [0.5, 0.6) is 0 Å². The minimum absolute atomic E-state index is 0.146. The smallest absolute Gasteiger partial charge is 0.229 e. The number of amides is 1. The molecule has 0 unspecified atom stereocenters. The van der Waals surface area contributed by atoms with E-state index in [1.54, 1.807) is 0 Å². The maximum Gasteiger partial charge on any atom is 0.229 e. The van der Waals surface area contributed by atoms with Crippen molar-refractivity contribution in [2.75, 3.05) is 6.54 Å². The van der Waals surface area contributed by atoms with Gasteiger partial charge in [-0.15, -0.1) is 0 Å². The fraction of sp³-hybridized carbons (Fsp3) is 0.700. The Bertz CT molecular complexity index is 196. The minimum Gasteiger partial charge on any atom is -0.319 e. The molecule has 2 nitrogen and oxygen atoms in total. The molecule has 0 radical (unpaired) electrons. The van der Waals surface area contributed by atoms with Gasteiger partial charge in [-0.1, -0.05) is 26.8 Å². The highest BCUT2D eigenvalue weighted by Gasteiger charge is 2.22. The van der Waals surface area contributed by atoms with Crippen LogP contribution in [-0.2, 0) is 4.79 Å². The van der Waals surface area contributed by atoms with Crippen molar-refractivity contribution in [2.45, 2.75) is 27.2 Å². The zero-order valence-corrected chi connectivity index (χ0v) is 8.08. The Kier molecular flexibility index (Phi) is 2.90. The van der Waals surface area contributed by atoms with Crippen LogP contribution < -0.4 is 0 Å². The predicted octanol–water partition coefficient (Wildman–Crippen LogP) is 2.02. The zero-order chi connectivity index (χ0) is 9.14. The van der Waals surface area contributed by atoms with Gasteiger partial charge in [-0.2, -0.15) is 0 Å². The average molecular weight is 167 g/mol. The van der Waals surface area contributed by atoms with E-state index in [1.165, 1.54) is 0 Å². The third-order valence-electron chi connectivity index (χ3n) is 2.49. The van der Waals surface area contributed by atoms with E-state index in [0.29, 0.717) is 5.92 Å². The second-order valence-electron chi connectivity index (χ2n) is 3.74. The molecular formula is C10H17NO. The molecule has 0 aliphatic carbocycles. The fourth-order valence-electron chi connectivity index (χ4n) is 1.22. The molecule has 12 heavy (non-hydrogen) atoms. The van der Waals surface area contributed by atoms with E-state index in [4.69, 9.17) is 0 Å². The fourth-order valence-corrected chi connectivity index (χ4v) is 1.22. The summed E-state index contributed by atoms with van der Waals surface area (Å²) in [6.07, 6.45) is 4.96. The molecule has 0 aromatic rings. The Labute approximate surface area is 74.2 Å². The van der Waals surface area contributed by atoms with Crippen LogP contribution >= 0.6 is 0 Å². The van der Waals surface area contributed by atoms with Gasteiger partial charge >= 0.3 is 0 Å². The number of nitrogens with zero attached hydrogens (tertiary/aromatic N) is 1. The molecule has 0 saturated carbocycles. The molecule has 1 heterocycles. The first-order valence-electron chi connectivity index (χ1n) is 4.60. The summed E-state index contributed by atoms with van der Waals surface area (Å²) in [6.45, 7) is 7.04. The first-order chi connectivity index (χ1) is 5.63. The summed E-state index contributed by atoms with van der Waals surface area (Å²) >= 11 is 0. The van der Waals surface area contributed by atoms with Gasteiger partial charge in [-0.25, -0.2) is 0 Å². The largest absolute Gasteiger partial charge is 0.319 e. The highest BCUT2D eigenvalue weighted by Crippen LogP contribution is 2.16. The maximum atomic E-state index is 11.7. The molecule has 1 amide bonds. The Morgan fingerprint density at radius 3 is 2.50 bits per heavy atom. The third kappa shape index (κ3) is 1.87. The molecule has 0 aromatic heterocycles. The monoisotopic (exact) mass is 167 g/mol. The van der Waals surface area contributed by atoms with E-state index in [1.807, 2.05) is 24.1 Å². The molecule has 0 bridgehead atoms. The van der Waals surface area contributed by atoms with Crippen molar-refractivity contribution in [3.8, 4) is 0 Å². The molecule has 0 saturated heterocycles. The van der Waals surface area contributed by atoms with E-state index in [9.17, 15) is 4.79 Å². The molecule has 0 aromatic carbocycles. The lowest BCUT2D eigenvalue weighted by molar-refractivity contribution is -0.133. The van der Waals surface area contributed by atoms with Crippen molar-refractivity contribution in [3.05, 3.63) is 12.3 Å². The number of hydrogen-bond acceptors (Lipinski definition) is 1. The van der Waals surface area contributed by atoms with Gasteiger partial charge in [0.25, 0.3) is 0 Å². The first kappa shape index (κ1) is 9.30. The number of carbonyl (C=O) groups is 1. The lowest BCUT2D eigenvalue weighted by Gasteiger charge is -2.21. The molecule has 0 spiro atoms. The topological polar surface area (TPSA) is 20.3 Å². The van der Waals surface area contributed by atoms with Crippen LogP contribution in [0.15, 0.2) is 12.3 Å². The van der Waals surface area contributed by atoms with Crippen molar-refractivity contribution in [1.29, 1.82) is 0 Å². The summed E-state index contributed by atoms with van der Waals surface area (Å²) in [5.74, 6) is 0.845. The molecular weight excluding hydrogens is 150 g/mol. The molecule has 1 aliphatic heterocycles. The number of hydrogen-bond donors (Lipinski definition) is 0. The minimum atomic E-state index is 0.146. The van der Waals surface area contributed by atoms with Crippen molar-refractivity contribution in [1.82, 2.24) is 4.90 Å². The van der Waals surface area contributed by atoms with Gasteiger partial charge in [0.15, 0.2) is 0 Å². The van der Waals surface area contributed by atoms with E-state index >= 15 is 0 Å². The van der Waals surface area contributed by atoms with Crippen molar-refractivity contribution in [2.24, 2.45) is 11.8 Å². The summed E-state index contributed by atoms with van der Waals surface area (Å²) < 4.78 is 0. The quantitative estimate of drug-likeness (QED) is 0.616. The summed E-state index contributed by atoms with van der Waals surface area (Å²) in [4.78, 5) is 13.5. The Balaban J connectivity index is 2.52. The van der Waals surface area contributed by atoms with Crippen LogP contribution in [0.3, 0.4) is 0 Å². The van der Waals surface area contributed by atoms with Gasteiger partial charge in [0.2, 0.25) is 5.91 Å². The summed E-state index contributed by atoms with van der Waals surface area (Å²) in [7, 11) is 0. The highest BCUT2D eigenvalue weighted by molar-refractivity contribution is 5.80. The van der Waals surface area contributed by atoms with Gasteiger partial charge in [-0.3, -0.25) is 4.79 Å². The van der Waals surface area contributed by atoms with Gasteiger partial charge in [-0.05, 0) is 12.3 Å². The Hall–Kier alpha value is -0.790. The second kappa shape index (κ2) is 3.74. The SMILES string of the molecule is CC(C)[C@H](C)C(=O)N1C=CCC1. The van der Waals surface area contributed by atoms with Crippen LogP contribution in [0.4, 0.5) is 0 Å². The van der Waals surface area contributed by atoms with E-state index < -0.39 is 0 Å². The lowest BCUT2D eigenvalue weighted by atomic mass is 9.97. The van der Waals surface area contributed by atoms with Crippen LogP contribution in [0.25, 0.3) is 0 Å². The van der Waals surface area contributed by atoms with Crippen molar-refractivity contribution >= 4 is 5.91 Å². The normalized spacial score (nSPS) is 18.8. The first-order valence-corrected chi connectivity index (χ1v) is 4.60. The summed E-state index contributed by atoms with van der Waals surface area (Å²) in [5, 5.41) is 0. The molecule has 68 valence electrons. The molecule has 1 rings (SSSR count). The van der Waals surface area contributed by atoms with Crippen LogP contribution in [0.1, 0.15) is 27.2 Å². The van der Waals surface area contributed by atoms with E-state index in [-0.39, 0.29) is 11.8 Å². The predicted molar refractivity (Wildman–Crippen MR) is 49.5 cm³/mol. The molecule has 0 N–H and O–H groups in total. The van der Waals surface area contributed by atoms with E-state index in [2.05, 4.69) is 13.8 Å². The summed E-state index contributed by atoms with van der Waals surface area (Å²) in [6, 6.07) is 0. The highest BCUT2D eigenvalue weighted by atomic mass is 16.2. The van der Waals surface area contributed by atoms with E-state index in [0.717, 1.165) is 13.0 Å². The van der Waals surface area contributed by atoms with Gasteiger partial charge < -0.3 is 4.90 Å². The van der Waals surface area contributed by atoms with Gasteiger partial charge in [0, 0.05) is 18.7 Å². The van der Waals surface area contributed by atoms with Gasteiger partial charge in [0.05, 0.1) is 0 Å². The zero-order valence-electron chi connectivity index (χ0n) is 8.08. The summed E-state index contributed by atoms with van der Waals surface area (Å²) in [5.41, 5.74) is 0. The lowest BCUT2D eigenvalue weighted by Crippen LogP contribution is -2.31. The molecule has 1 atom stereocenters.